The Bertz CT molecular complexity index is 692. The molecule has 3 N–H and O–H groups in total. The van der Waals surface area contributed by atoms with Gasteiger partial charge in [0.25, 0.3) is 5.91 Å². The van der Waals surface area contributed by atoms with E-state index in [1.807, 2.05) is 0 Å². The van der Waals surface area contributed by atoms with Gasteiger partial charge in [-0.25, -0.2) is 4.79 Å². The van der Waals surface area contributed by atoms with Gasteiger partial charge in [-0.05, 0) is 18.2 Å². The van der Waals surface area contributed by atoms with Gasteiger partial charge in [-0.15, -0.1) is 0 Å². The largest absolute Gasteiger partial charge is 0.480 e. The van der Waals surface area contributed by atoms with Gasteiger partial charge in [0.1, 0.15) is 6.04 Å². The lowest BCUT2D eigenvalue weighted by Gasteiger charge is -2.16. The molecule has 1 aromatic carbocycles. The molecule has 8 nitrogen and oxygen atoms in total. The zero-order valence-electron chi connectivity index (χ0n) is 12.6. The molecular weight excluding hydrogens is 349 g/mol. The topological polar surface area (TPSA) is 114 Å². The first-order valence-electron chi connectivity index (χ1n) is 6.92. The molecule has 1 heterocycles. The van der Waals surface area contributed by atoms with Crippen LogP contribution in [0.5, 0.6) is 11.5 Å². The first-order valence-corrected chi connectivity index (χ1v) is 6.92. The Morgan fingerprint density at radius 1 is 1.20 bits per heavy atom. The van der Waals surface area contributed by atoms with Crippen LogP contribution in [0.25, 0.3) is 0 Å². The van der Waals surface area contributed by atoms with Crippen molar-refractivity contribution in [3.05, 3.63) is 23.8 Å². The van der Waals surface area contributed by atoms with Gasteiger partial charge in [0.05, 0.1) is 13.0 Å². The Morgan fingerprint density at radius 2 is 1.88 bits per heavy atom. The molecule has 25 heavy (non-hydrogen) atoms. The molecule has 0 bridgehead atoms. The average Bonchev–Trinajstić information content (AvgIpc) is 2.98. The van der Waals surface area contributed by atoms with Crippen molar-refractivity contribution in [3.63, 3.8) is 0 Å². The number of nitrogens with one attached hydrogen (secondary N) is 2. The fourth-order valence-electron chi connectivity index (χ4n) is 1.98. The van der Waals surface area contributed by atoms with Crippen molar-refractivity contribution in [1.29, 1.82) is 0 Å². The summed E-state index contributed by atoms with van der Waals surface area (Å²) in [5, 5.41) is 12.6. The lowest BCUT2D eigenvalue weighted by atomic mass is 10.2. The van der Waals surface area contributed by atoms with Crippen molar-refractivity contribution in [2.45, 2.75) is 18.6 Å². The van der Waals surface area contributed by atoms with Crippen LogP contribution < -0.4 is 20.1 Å². The number of carbonyl (C=O) groups excluding carboxylic acids is 2. The van der Waals surface area contributed by atoms with Crippen LogP contribution in [0, 0.1) is 0 Å². The van der Waals surface area contributed by atoms with E-state index in [0.717, 1.165) is 0 Å². The Morgan fingerprint density at radius 3 is 2.52 bits per heavy atom. The number of fused-ring (bicyclic) bond motifs is 1. The number of carboxylic acids is 1. The Balaban J connectivity index is 1.88. The smallest absolute Gasteiger partial charge is 0.391 e. The molecule has 11 heteroatoms. The number of amides is 2. The Labute approximate surface area is 138 Å². The second-order valence-corrected chi connectivity index (χ2v) is 5.03. The molecule has 0 spiro atoms. The zero-order chi connectivity index (χ0) is 18.6. The van der Waals surface area contributed by atoms with Crippen LogP contribution >= 0.6 is 0 Å². The maximum Gasteiger partial charge on any atom is 0.391 e. The molecule has 1 aliphatic rings. The lowest BCUT2D eigenvalue weighted by Crippen LogP contribution is -2.47. The van der Waals surface area contributed by atoms with Crippen molar-refractivity contribution in [1.82, 2.24) is 10.6 Å². The van der Waals surface area contributed by atoms with Crippen LogP contribution in [-0.2, 0) is 9.59 Å². The van der Waals surface area contributed by atoms with Crippen LogP contribution in [0.2, 0.25) is 0 Å². The molecule has 1 unspecified atom stereocenters. The summed E-state index contributed by atoms with van der Waals surface area (Å²) >= 11 is 0. The van der Waals surface area contributed by atoms with Crippen molar-refractivity contribution in [2.24, 2.45) is 0 Å². The Kier molecular flexibility index (Phi) is 5.35. The zero-order valence-corrected chi connectivity index (χ0v) is 12.6. The maximum absolute atomic E-state index is 12.3. The van der Waals surface area contributed by atoms with E-state index in [0.29, 0.717) is 11.5 Å². The number of ether oxygens (including phenoxy) is 2. The summed E-state index contributed by atoms with van der Waals surface area (Å²) < 4.78 is 46.9. The summed E-state index contributed by atoms with van der Waals surface area (Å²) in [5.74, 6) is -2.78. The summed E-state index contributed by atoms with van der Waals surface area (Å²) in [4.78, 5) is 34.2. The highest BCUT2D eigenvalue weighted by molar-refractivity contribution is 5.97. The molecular formula is C14H13F3N2O6. The minimum atomic E-state index is -4.76. The van der Waals surface area contributed by atoms with E-state index in [2.05, 4.69) is 5.32 Å². The van der Waals surface area contributed by atoms with Crippen molar-refractivity contribution < 1.29 is 42.1 Å². The third kappa shape index (κ3) is 5.26. The summed E-state index contributed by atoms with van der Waals surface area (Å²) in [6.45, 7) is -0.673. The molecule has 1 aromatic rings. The molecule has 2 rings (SSSR count). The highest BCUT2D eigenvalue weighted by Crippen LogP contribution is 2.32. The highest BCUT2D eigenvalue weighted by Gasteiger charge is 2.36. The van der Waals surface area contributed by atoms with Crippen LogP contribution in [0.4, 0.5) is 13.2 Å². The number of alkyl halides is 3. The molecule has 0 aliphatic carbocycles. The number of halogens is 3. The number of hydrogen-bond donors (Lipinski definition) is 3. The van der Waals surface area contributed by atoms with Gasteiger partial charge in [0, 0.05) is 5.56 Å². The van der Waals surface area contributed by atoms with E-state index in [1.165, 1.54) is 18.2 Å². The summed E-state index contributed by atoms with van der Waals surface area (Å²) in [6, 6.07) is 2.14. The quantitative estimate of drug-likeness (QED) is 0.685. The fraction of sp³-hybridized carbons (Fsp3) is 0.357. The average molecular weight is 362 g/mol. The molecule has 0 fully saturated rings. The lowest BCUT2D eigenvalue weighted by molar-refractivity contribution is -0.159. The van der Waals surface area contributed by atoms with Gasteiger partial charge in [-0.2, -0.15) is 13.2 Å². The second-order valence-electron chi connectivity index (χ2n) is 5.03. The molecule has 0 radical (unpaired) electrons. The second kappa shape index (κ2) is 7.28. The van der Waals surface area contributed by atoms with E-state index in [1.54, 1.807) is 5.32 Å². The van der Waals surface area contributed by atoms with E-state index in [9.17, 15) is 27.6 Å². The molecule has 1 aliphatic heterocycles. The standard InChI is InChI=1S/C14H13F3N2O6/c15-14(16,17)4-8(13(22)23)19-11(20)5-18-12(21)7-1-2-9-10(3-7)25-6-24-9/h1-3,8H,4-6H2,(H,18,21)(H,19,20)(H,22,23). The van der Waals surface area contributed by atoms with Crippen LogP contribution in [0.15, 0.2) is 18.2 Å². The van der Waals surface area contributed by atoms with Gasteiger partial charge < -0.3 is 25.2 Å². The third-order valence-electron chi connectivity index (χ3n) is 3.11. The monoisotopic (exact) mass is 362 g/mol. The minimum absolute atomic E-state index is 0.0125. The molecule has 1 atom stereocenters. The number of carbonyl (C=O) groups is 3. The van der Waals surface area contributed by atoms with Crippen molar-refractivity contribution in [3.8, 4) is 11.5 Å². The predicted molar refractivity (Wildman–Crippen MR) is 75.1 cm³/mol. The third-order valence-corrected chi connectivity index (χ3v) is 3.11. The maximum atomic E-state index is 12.3. The van der Waals surface area contributed by atoms with Gasteiger partial charge in [0.2, 0.25) is 12.7 Å². The number of benzene rings is 1. The van der Waals surface area contributed by atoms with E-state index in [4.69, 9.17) is 14.6 Å². The van der Waals surface area contributed by atoms with Gasteiger partial charge >= 0.3 is 12.1 Å². The number of hydrogen-bond acceptors (Lipinski definition) is 5. The first kappa shape index (κ1) is 18.4. The summed E-state index contributed by atoms with van der Waals surface area (Å²) in [6.07, 6.45) is -6.48. The Hall–Kier alpha value is -2.98. The van der Waals surface area contributed by atoms with Crippen molar-refractivity contribution >= 4 is 17.8 Å². The number of carboxylic acid groups (broad SMARTS) is 1. The van der Waals surface area contributed by atoms with E-state index in [-0.39, 0.29) is 12.4 Å². The fourth-order valence-corrected chi connectivity index (χ4v) is 1.98. The molecule has 2 amide bonds. The van der Waals surface area contributed by atoms with Crippen LogP contribution in [0.1, 0.15) is 16.8 Å². The van der Waals surface area contributed by atoms with Crippen LogP contribution in [-0.4, -0.2) is 48.4 Å². The summed E-state index contributed by atoms with van der Waals surface area (Å²) in [5.41, 5.74) is 0.141. The number of rotatable bonds is 6. The predicted octanol–water partition coefficient (Wildman–Crippen LogP) is 0.667. The normalized spacial score (nSPS) is 13.9. The molecule has 0 saturated heterocycles. The molecule has 0 saturated carbocycles. The molecule has 136 valence electrons. The highest BCUT2D eigenvalue weighted by atomic mass is 19.4. The van der Waals surface area contributed by atoms with Gasteiger partial charge in [-0.3, -0.25) is 9.59 Å². The van der Waals surface area contributed by atoms with E-state index >= 15 is 0 Å². The SMILES string of the molecule is O=C(CNC(=O)c1ccc2c(c1)OCO2)NC(CC(F)(F)F)C(=O)O. The van der Waals surface area contributed by atoms with E-state index < -0.39 is 43.0 Å². The van der Waals surface area contributed by atoms with Gasteiger partial charge in [0.15, 0.2) is 11.5 Å². The van der Waals surface area contributed by atoms with Crippen molar-refractivity contribution in [2.75, 3.05) is 13.3 Å². The minimum Gasteiger partial charge on any atom is -0.480 e. The van der Waals surface area contributed by atoms with Crippen LogP contribution in [0.3, 0.4) is 0 Å². The first-order chi connectivity index (χ1) is 11.7. The number of aliphatic carboxylic acids is 1. The molecule has 0 aromatic heterocycles. The summed E-state index contributed by atoms with van der Waals surface area (Å²) in [7, 11) is 0. The van der Waals surface area contributed by atoms with Gasteiger partial charge in [-0.1, -0.05) is 0 Å².